The van der Waals surface area contributed by atoms with E-state index in [1.165, 1.54) is 6.92 Å². The highest BCUT2D eigenvalue weighted by Gasteiger charge is 2.32. The van der Waals surface area contributed by atoms with Gasteiger partial charge in [-0.05, 0) is 13.0 Å². The van der Waals surface area contributed by atoms with Crippen molar-refractivity contribution in [3.8, 4) is 5.75 Å². The molecule has 1 amide bonds. The second kappa shape index (κ2) is 7.26. The van der Waals surface area contributed by atoms with Crippen LogP contribution in [0.5, 0.6) is 5.75 Å². The number of benzene rings is 1. The van der Waals surface area contributed by atoms with Gasteiger partial charge in [0.2, 0.25) is 5.91 Å². The first-order valence-electron chi connectivity index (χ1n) is 7.48. The minimum atomic E-state index is -0.900. The van der Waals surface area contributed by atoms with Gasteiger partial charge >= 0.3 is 5.97 Å². The third kappa shape index (κ3) is 3.57. The highest BCUT2D eigenvalue weighted by atomic mass is 16.5. The molecule has 1 aliphatic heterocycles. The highest BCUT2D eigenvalue weighted by molar-refractivity contribution is 5.77. The topological polar surface area (TPSA) is 70.1 Å². The summed E-state index contributed by atoms with van der Waals surface area (Å²) in [6, 6.07) is 6.49. The van der Waals surface area contributed by atoms with Gasteiger partial charge in [0.05, 0.1) is 6.61 Å². The van der Waals surface area contributed by atoms with Crippen molar-refractivity contribution >= 4 is 11.9 Å². The van der Waals surface area contributed by atoms with Gasteiger partial charge in [-0.3, -0.25) is 14.5 Å². The number of ether oxygens (including phenoxy) is 1. The predicted molar refractivity (Wildman–Crippen MR) is 81.8 cm³/mol. The molecular formula is C16H22N2O4. The van der Waals surface area contributed by atoms with Gasteiger partial charge in [0.1, 0.15) is 11.8 Å². The van der Waals surface area contributed by atoms with E-state index in [0.717, 1.165) is 0 Å². The Morgan fingerprint density at radius 3 is 2.41 bits per heavy atom. The monoisotopic (exact) mass is 306 g/mol. The average Bonchev–Trinajstić information content (AvgIpc) is 2.50. The van der Waals surface area contributed by atoms with Crippen LogP contribution < -0.4 is 4.74 Å². The van der Waals surface area contributed by atoms with Crippen molar-refractivity contribution in [1.82, 2.24) is 9.80 Å². The second-order valence-electron chi connectivity index (χ2n) is 5.25. The molecule has 1 fully saturated rings. The molecule has 22 heavy (non-hydrogen) atoms. The lowest BCUT2D eigenvalue weighted by molar-refractivity contribution is -0.145. The van der Waals surface area contributed by atoms with E-state index in [1.54, 1.807) is 17.0 Å². The van der Waals surface area contributed by atoms with Crippen LogP contribution in [0, 0.1) is 0 Å². The molecule has 1 aromatic rings. The standard InChI is InChI=1S/C16H22N2O4/c1-3-22-14-7-5-4-6-13(14)15(16(20)21)18-10-8-17(9-11-18)12(2)19/h4-7,15H,3,8-11H2,1-2H3,(H,20,21)/t15-/m1/s1. The molecule has 0 spiro atoms. The second-order valence-corrected chi connectivity index (χ2v) is 5.25. The Labute approximate surface area is 130 Å². The lowest BCUT2D eigenvalue weighted by Crippen LogP contribution is -2.50. The van der Waals surface area contributed by atoms with Crippen LogP contribution in [-0.2, 0) is 9.59 Å². The number of carboxylic acid groups (broad SMARTS) is 1. The zero-order valence-corrected chi connectivity index (χ0v) is 13.0. The smallest absolute Gasteiger partial charge is 0.325 e. The first kappa shape index (κ1) is 16.3. The summed E-state index contributed by atoms with van der Waals surface area (Å²) in [4.78, 5) is 26.8. The molecule has 0 bridgehead atoms. The van der Waals surface area contributed by atoms with Gasteiger partial charge in [-0.1, -0.05) is 18.2 Å². The van der Waals surface area contributed by atoms with E-state index < -0.39 is 12.0 Å². The van der Waals surface area contributed by atoms with E-state index in [-0.39, 0.29) is 5.91 Å². The first-order chi connectivity index (χ1) is 10.5. The number of aliphatic carboxylic acids is 1. The van der Waals surface area contributed by atoms with Gasteiger partial charge in [-0.15, -0.1) is 0 Å². The van der Waals surface area contributed by atoms with E-state index >= 15 is 0 Å². The number of nitrogens with zero attached hydrogens (tertiary/aromatic N) is 2. The van der Waals surface area contributed by atoms with Gasteiger partial charge in [0.15, 0.2) is 0 Å². The van der Waals surface area contributed by atoms with Gasteiger partial charge in [0.25, 0.3) is 0 Å². The van der Waals surface area contributed by atoms with Crippen LogP contribution in [0.3, 0.4) is 0 Å². The molecule has 0 saturated carbocycles. The van der Waals surface area contributed by atoms with Crippen molar-refractivity contribution < 1.29 is 19.4 Å². The van der Waals surface area contributed by atoms with Gasteiger partial charge in [0, 0.05) is 38.7 Å². The molecule has 120 valence electrons. The number of hydrogen-bond acceptors (Lipinski definition) is 4. The quantitative estimate of drug-likeness (QED) is 0.890. The maximum atomic E-state index is 11.8. The van der Waals surface area contributed by atoms with Crippen molar-refractivity contribution in [2.24, 2.45) is 0 Å². The Kier molecular flexibility index (Phi) is 5.38. The Morgan fingerprint density at radius 1 is 1.23 bits per heavy atom. The molecule has 1 N–H and O–H groups in total. The largest absolute Gasteiger partial charge is 0.494 e. The maximum Gasteiger partial charge on any atom is 0.325 e. The van der Waals surface area contributed by atoms with Gasteiger partial charge < -0.3 is 14.7 Å². The van der Waals surface area contributed by atoms with E-state index in [0.29, 0.717) is 44.1 Å². The van der Waals surface area contributed by atoms with Crippen molar-refractivity contribution in [1.29, 1.82) is 0 Å². The number of carbonyl (C=O) groups is 2. The molecule has 1 aromatic carbocycles. The summed E-state index contributed by atoms with van der Waals surface area (Å²) < 4.78 is 5.56. The van der Waals surface area contributed by atoms with Gasteiger partial charge in [-0.25, -0.2) is 0 Å². The van der Waals surface area contributed by atoms with Crippen LogP contribution in [0.2, 0.25) is 0 Å². The van der Waals surface area contributed by atoms with E-state index in [4.69, 9.17) is 4.74 Å². The molecule has 0 aromatic heterocycles. The van der Waals surface area contributed by atoms with Crippen LogP contribution in [0.25, 0.3) is 0 Å². The summed E-state index contributed by atoms with van der Waals surface area (Å²) in [6.45, 7) is 6.08. The number of para-hydroxylation sites is 1. The predicted octanol–water partition coefficient (Wildman–Crippen LogP) is 1.38. The van der Waals surface area contributed by atoms with Crippen LogP contribution in [0.15, 0.2) is 24.3 Å². The molecule has 6 nitrogen and oxygen atoms in total. The fourth-order valence-corrected chi connectivity index (χ4v) is 2.77. The molecule has 1 heterocycles. The number of rotatable bonds is 5. The summed E-state index contributed by atoms with van der Waals surface area (Å²) in [5.41, 5.74) is 0.660. The highest BCUT2D eigenvalue weighted by Crippen LogP contribution is 2.30. The first-order valence-corrected chi connectivity index (χ1v) is 7.48. The van der Waals surface area contributed by atoms with Crippen LogP contribution in [0.4, 0.5) is 0 Å². The van der Waals surface area contributed by atoms with Crippen molar-refractivity contribution in [2.75, 3.05) is 32.8 Å². The third-order valence-corrected chi connectivity index (χ3v) is 3.87. The molecule has 1 aliphatic rings. The number of carboxylic acids is 1. The van der Waals surface area contributed by atoms with E-state index in [1.807, 2.05) is 24.0 Å². The minimum absolute atomic E-state index is 0.0289. The molecule has 6 heteroatoms. The molecule has 1 atom stereocenters. The van der Waals surface area contributed by atoms with Crippen LogP contribution in [0.1, 0.15) is 25.5 Å². The summed E-state index contributed by atoms with van der Waals surface area (Å²) in [7, 11) is 0. The molecule has 0 unspecified atom stereocenters. The fraction of sp³-hybridized carbons (Fsp3) is 0.500. The number of amides is 1. The average molecular weight is 306 g/mol. The van der Waals surface area contributed by atoms with Crippen molar-refractivity contribution in [3.05, 3.63) is 29.8 Å². The summed E-state index contributed by atoms with van der Waals surface area (Å²) >= 11 is 0. The van der Waals surface area contributed by atoms with Crippen LogP contribution >= 0.6 is 0 Å². The molecular weight excluding hydrogens is 284 g/mol. The maximum absolute atomic E-state index is 11.8. The van der Waals surface area contributed by atoms with E-state index in [2.05, 4.69) is 0 Å². The Morgan fingerprint density at radius 2 is 1.86 bits per heavy atom. The fourth-order valence-electron chi connectivity index (χ4n) is 2.77. The lowest BCUT2D eigenvalue weighted by Gasteiger charge is -2.37. The Balaban J connectivity index is 2.21. The molecule has 2 rings (SSSR count). The summed E-state index contributed by atoms with van der Waals surface area (Å²) in [5.74, 6) is -0.268. The Bertz CT molecular complexity index is 539. The molecule has 1 saturated heterocycles. The summed E-state index contributed by atoms with van der Waals surface area (Å²) in [5, 5.41) is 9.67. The van der Waals surface area contributed by atoms with E-state index in [9.17, 15) is 14.7 Å². The SMILES string of the molecule is CCOc1ccccc1[C@H](C(=O)O)N1CCN(C(C)=O)CC1. The normalized spacial score (nSPS) is 17.1. The zero-order chi connectivity index (χ0) is 16.1. The summed E-state index contributed by atoms with van der Waals surface area (Å²) in [6.07, 6.45) is 0. The Hall–Kier alpha value is -2.08. The molecule has 0 radical (unpaired) electrons. The van der Waals surface area contributed by atoms with Gasteiger partial charge in [-0.2, -0.15) is 0 Å². The third-order valence-electron chi connectivity index (χ3n) is 3.87. The van der Waals surface area contributed by atoms with Crippen LogP contribution in [-0.4, -0.2) is 59.6 Å². The number of hydrogen-bond donors (Lipinski definition) is 1. The molecule has 0 aliphatic carbocycles. The minimum Gasteiger partial charge on any atom is -0.494 e. The number of piperazine rings is 1. The van der Waals surface area contributed by atoms with Crippen molar-refractivity contribution in [3.63, 3.8) is 0 Å². The van der Waals surface area contributed by atoms with Crippen molar-refractivity contribution in [2.45, 2.75) is 19.9 Å². The number of carbonyl (C=O) groups excluding carboxylic acids is 1. The zero-order valence-electron chi connectivity index (χ0n) is 13.0. The lowest BCUT2D eigenvalue weighted by atomic mass is 10.0.